The normalized spacial score (nSPS) is 10.5. The van der Waals surface area contributed by atoms with E-state index in [1.807, 2.05) is 11.6 Å². The monoisotopic (exact) mass is 218 g/mol. The van der Waals surface area contributed by atoms with Gasteiger partial charge in [0.05, 0.1) is 11.2 Å². The zero-order valence-corrected chi connectivity index (χ0v) is 9.55. The Balaban J connectivity index is 1.83. The van der Waals surface area contributed by atoms with Gasteiger partial charge >= 0.3 is 0 Å². The number of hydrogen-bond donors (Lipinski definition) is 1. The van der Waals surface area contributed by atoms with Crippen LogP contribution in [-0.2, 0) is 13.1 Å². The highest BCUT2D eigenvalue weighted by Crippen LogP contribution is 2.10. The summed E-state index contributed by atoms with van der Waals surface area (Å²) in [6.07, 6.45) is 0. The standard InChI is InChI=1S/C12H14N2S/c1-10-12(14-9-15-10)8-13-7-11-5-3-2-4-6-11/h2-6,9,13H,7-8H2,1H3. The van der Waals surface area contributed by atoms with Gasteiger partial charge in [-0.2, -0.15) is 0 Å². The number of aryl methyl sites for hydroxylation is 1. The number of rotatable bonds is 4. The molecule has 3 heteroatoms. The molecular formula is C12H14N2S. The van der Waals surface area contributed by atoms with Crippen LogP contribution >= 0.6 is 11.3 Å². The van der Waals surface area contributed by atoms with E-state index in [9.17, 15) is 0 Å². The van der Waals surface area contributed by atoms with Gasteiger partial charge in [0.1, 0.15) is 0 Å². The highest BCUT2D eigenvalue weighted by atomic mass is 32.1. The summed E-state index contributed by atoms with van der Waals surface area (Å²) in [6, 6.07) is 10.4. The van der Waals surface area contributed by atoms with Crippen molar-refractivity contribution < 1.29 is 0 Å². The molecule has 1 N–H and O–H groups in total. The van der Waals surface area contributed by atoms with Crippen molar-refractivity contribution >= 4 is 11.3 Å². The molecule has 1 aromatic carbocycles. The largest absolute Gasteiger partial charge is 0.307 e. The molecule has 0 fully saturated rings. The van der Waals surface area contributed by atoms with E-state index in [1.54, 1.807) is 11.3 Å². The molecule has 0 atom stereocenters. The molecule has 0 aliphatic heterocycles. The zero-order chi connectivity index (χ0) is 10.5. The van der Waals surface area contributed by atoms with Crippen molar-refractivity contribution in [3.8, 4) is 0 Å². The second kappa shape index (κ2) is 5.05. The zero-order valence-electron chi connectivity index (χ0n) is 8.73. The third-order valence-corrected chi connectivity index (χ3v) is 3.11. The van der Waals surface area contributed by atoms with Gasteiger partial charge in [-0.15, -0.1) is 11.3 Å². The minimum absolute atomic E-state index is 0.851. The average molecular weight is 218 g/mol. The summed E-state index contributed by atoms with van der Waals surface area (Å²) >= 11 is 1.70. The van der Waals surface area contributed by atoms with Crippen LogP contribution in [0.2, 0.25) is 0 Å². The number of nitrogens with zero attached hydrogens (tertiary/aromatic N) is 1. The summed E-state index contributed by atoms with van der Waals surface area (Å²) in [5.74, 6) is 0. The maximum atomic E-state index is 4.30. The van der Waals surface area contributed by atoms with Crippen molar-refractivity contribution in [3.63, 3.8) is 0 Å². The van der Waals surface area contributed by atoms with E-state index in [2.05, 4.69) is 41.5 Å². The Morgan fingerprint density at radius 1 is 1.20 bits per heavy atom. The van der Waals surface area contributed by atoms with Crippen LogP contribution in [0.5, 0.6) is 0 Å². The third-order valence-electron chi connectivity index (χ3n) is 2.31. The van der Waals surface area contributed by atoms with Gasteiger partial charge in [-0.3, -0.25) is 0 Å². The Hall–Kier alpha value is -1.19. The first-order chi connectivity index (χ1) is 7.36. The van der Waals surface area contributed by atoms with Crippen molar-refractivity contribution in [1.82, 2.24) is 10.3 Å². The fourth-order valence-corrected chi connectivity index (χ4v) is 2.02. The summed E-state index contributed by atoms with van der Waals surface area (Å²) in [5.41, 5.74) is 4.37. The minimum Gasteiger partial charge on any atom is -0.307 e. The first kappa shape index (κ1) is 10.3. The van der Waals surface area contributed by atoms with E-state index in [0.29, 0.717) is 0 Å². The first-order valence-electron chi connectivity index (χ1n) is 5.00. The van der Waals surface area contributed by atoms with Crippen molar-refractivity contribution in [2.45, 2.75) is 20.0 Å². The van der Waals surface area contributed by atoms with Gasteiger partial charge in [-0.1, -0.05) is 30.3 Å². The van der Waals surface area contributed by atoms with Gasteiger partial charge in [0.2, 0.25) is 0 Å². The third kappa shape index (κ3) is 2.88. The lowest BCUT2D eigenvalue weighted by atomic mass is 10.2. The van der Waals surface area contributed by atoms with Crippen LogP contribution in [0, 0.1) is 6.92 Å². The molecule has 0 spiro atoms. The fraction of sp³-hybridized carbons (Fsp3) is 0.250. The molecule has 78 valence electrons. The van der Waals surface area contributed by atoms with Crippen molar-refractivity contribution in [2.24, 2.45) is 0 Å². The van der Waals surface area contributed by atoms with Crippen molar-refractivity contribution in [2.75, 3.05) is 0 Å². The SMILES string of the molecule is Cc1scnc1CNCc1ccccc1. The first-order valence-corrected chi connectivity index (χ1v) is 5.88. The quantitative estimate of drug-likeness (QED) is 0.853. The highest BCUT2D eigenvalue weighted by molar-refractivity contribution is 7.09. The summed E-state index contributed by atoms with van der Waals surface area (Å²) in [4.78, 5) is 5.60. The number of aromatic nitrogens is 1. The second-order valence-electron chi connectivity index (χ2n) is 3.44. The maximum Gasteiger partial charge on any atom is 0.0798 e. The maximum absolute atomic E-state index is 4.30. The molecule has 2 rings (SSSR count). The summed E-state index contributed by atoms with van der Waals surface area (Å²) in [5, 5.41) is 3.39. The lowest BCUT2D eigenvalue weighted by Crippen LogP contribution is -2.13. The van der Waals surface area contributed by atoms with E-state index >= 15 is 0 Å². The Morgan fingerprint density at radius 2 is 2.00 bits per heavy atom. The molecule has 1 heterocycles. The number of hydrogen-bond acceptors (Lipinski definition) is 3. The molecule has 2 nitrogen and oxygen atoms in total. The molecule has 0 unspecified atom stereocenters. The van der Waals surface area contributed by atoms with Crippen LogP contribution < -0.4 is 5.32 Å². The molecule has 0 aliphatic rings. The van der Waals surface area contributed by atoms with E-state index in [0.717, 1.165) is 18.8 Å². The Kier molecular flexibility index (Phi) is 3.48. The molecule has 0 bridgehead atoms. The smallest absolute Gasteiger partial charge is 0.0798 e. The lowest BCUT2D eigenvalue weighted by molar-refractivity contribution is 0.680. The number of nitrogens with one attached hydrogen (secondary N) is 1. The van der Waals surface area contributed by atoms with Gasteiger partial charge < -0.3 is 5.32 Å². The van der Waals surface area contributed by atoms with E-state index in [1.165, 1.54) is 10.4 Å². The van der Waals surface area contributed by atoms with E-state index in [4.69, 9.17) is 0 Å². The number of benzene rings is 1. The van der Waals surface area contributed by atoms with E-state index < -0.39 is 0 Å². The average Bonchev–Trinajstić information content (AvgIpc) is 2.66. The van der Waals surface area contributed by atoms with Gasteiger partial charge in [0, 0.05) is 18.0 Å². The summed E-state index contributed by atoms with van der Waals surface area (Å²) in [6.45, 7) is 3.86. The minimum atomic E-state index is 0.851. The Labute approximate surface area is 94.0 Å². The molecule has 15 heavy (non-hydrogen) atoms. The van der Waals surface area contributed by atoms with E-state index in [-0.39, 0.29) is 0 Å². The fourth-order valence-electron chi connectivity index (χ4n) is 1.42. The molecule has 0 saturated heterocycles. The van der Waals surface area contributed by atoms with Crippen LogP contribution in [-0.4, -0.2) is 4.98 Å². The van der Waals surface area contributed by atoms with Crippen LogP contribution in [0.25, 0.3) is 0 Å². The van der Waals surface area contributed by atoms with Crippen LogP contribution in [0.4, 0.5) is 0 Å². The van der Waals surface area contributed by atoms with Crippen LogP contribution in [0.15, 0.2) is 35.8 Å². The van der Waals surface area contributed by atoms with Gasteiger partial charge in [-0.05, 0) is 12.5 Å². The number of thiazole rings is 1. The van der Waals surface area contributed by atoms with Crippen molar-refractivity contribution in [3.05, 3.63) is 52.0 Å². The lowest BCUT2D eigenvalue weighted by Gasteiger charge is -2.03. The summed E-state index contributed by atoms with van der Waals surface area (Å²) < 4.78 is 0. The molecule has 0 radical (unpaired) electrons. The summed E-state index contributed by atoms with van der Waals surface area (Å²) in [7, 11) is 0. The molecule has 0 saturated carbocycles. The molecular weight excluding hydrogens is 204 g/mol. The van der Waals surface area contributed by atoms with Crippen LogP contribution in [0.1, 0.15) is 16.1 Å². The van der Waals surface area contributed by atoms with Crippen LogP contribution in [0.3, 0.4) is 0 Å². The second-order valence-corrected chi connectivity index (χ2v) is 4.50. The Bertz CT molecular complexity index is 409. The van der Waals surface area contributed by atoms with Gasteiger partial charge in [0.15, 0.2) is 0 Å². The predicted octanol–water partition coefficient (Wildman–Crippen LogP) is 2.74. The van der Waals surface area contributed by atoms with Gasteiger partial charge in [0.25, 0.3) is 0 Å². The Morgan fingerprint density at radius 3 is 2.67 bits per heavy atom. The molecule has 2 aromatic rings. The van der Waals surface area contributed by atoms with Gasteiger partial charge in [-0.25, -0.2) is 4.98 Å². The highest BCUT2D eigenvalue weighted by Gasteiger charge is 1.99. The topological polar surface area (TPSA) is 24.9 Å². The molecule has 0 aliphatic carbocycles. The van der Waals surface area contributed by atoms with Crippen molar-refractivity contribution in [1.29, 1.82) is 0 Å². The molecule has 0 amide bonds. The molecule has 1 aromatic heterocycles. The predicted molar refractivity (Wildman–Crippen MR) is 63.8 cm³/mol.